The largest absolute Gasteiger partial charge is 0.333 e. The number of rotatable bonds is 5. The van der Waals surface area contributed by atoms with E-state index < -0.39 is 0 Å². The molecule has 0 aromatic heterocycles. The Bertz CT molecular complexity index is 211. The molecule has 0 aliphatic rings. The van der Waals surface area contributed by atoms with Crippen LogP contribution in [-0.4, -0.2) is 29.2 Å². The maximum Gasteiger partial charge on any atom is 0.222 e. The lowest BCUT2D eigenvalue weighted by Gasteiger charge is -2.31. The molecule has 0 aliphatic carbocycles. The van der Waals surface area contributed by atoms with E-state index in [0.29, 0.717) is 13.0 Å². The van der Waals surface area contributed by atoms with Gasteiger partial charge in [-0.2, -0.15) is 0 Å². The number of carbonyl (C=O) groups excluding carboxylic acids is 2. The minimum atomic E-state index is -0.257. The van der Waals surface area contributed by atoms with Crippen LogP contribution in [0, 0.1) is 5.92 Å². The summed E-state index contributed by atoms with van der Waals surface area (Å²) in [6.45, 7) is 9.83. The molecule has 0 N–H and O–H groups in total. The van der Waals surface area contributed by atoms with Gasteiger partial charge >= 0.3 is 0 Å². The summed E-state index contributed by atoms with van der Waals surface area (Å²) in [6, 6.07) is -0.257. The van der Waals surface area contributed by atoms with Gasteiger partial charge in [-0.25, -0.2) is 0 Å². The Labute approximate surface area is 86.5 Å². The van der Waals surface area contributed by atoms with Crippen LogP contribution < -0.4 is 0 Å². The number of ketones is 1. The summed E-state index contributed by atoms with van der Waals surface area (Å²) < 4.78 is 0. The molecule has 0 aliphatic heterocycles. The van der Waals surface area contributed by atoms with Gasteiger partial charge in [0.05, 0.1) is 6.04 Å². The van der Waals surface area contributed by atoms with E-state index in [1.54, 1.807) is 11.8 Å². The predicted octanol–water partition coefficient (Wildman–Crippen LogP) is 1.86. The molecule has 82 valence electrons. The Kier molecular flexibility index (Phi) is 5.43. The summed E-state index contributed by atoms with van der Waals surface area (Å²) >= 11 is 0. The highest BCUT2D eigenvalue weighted by Crippen LogP contribution is 2.13. The fraction of sp³-hybridized carbons (Fsp3) is 0.818. The van der Waals surface area contributed by atoms with Gasteiger partial charge in [0.15, 0.2) is 5.78 Å². The Morgan fingerprint density at radius 3 is 1.93 bits per heavy atom. The fourth-order valence-corrected chi connectivity index (χ4v) is 1.78. The van der Waals surface area contributed by atoms with E-state index in [2.05, 4.69) is 0 Å². The summed E-state index contributed by atoms with van der Waals surface area (Å²) in [5.74, 6) is 0.313. The Morgan fingerprint density at radius 1 is 1.21 bits per heavy atom. The van der Waals surface area contributed by atoms with Crippen molar-refractivity contribution in [2.45, 2.75) is 47.1 Å². The van der Waals surface area contributed by atoms with Crippen LogP contribution in [0.4, 0.5) is 0 Å². The molecule has 0 aromatic carbocycles. The third-order valence-corrected chi connectivity index (χ3v) is 2.35. The molecule has 3 nitrogen and oxygen atoms in total. The maximum atomic E-state index is 11.6. The number of nitrogens with zero attached hydrogens (tertiary/aromatic N) is 1. The van der Waals surface area contributed by atoms with Gasteiger partial charge in [0, 0.05) is 13.0 Å². The summed E-state index contributed by atoms with van der Waals surface area (Å²) in [4.78, 5) is 24.7. The summed E-state index contributed by atoms with van der Waals surface area (Å²) in [5, 5.41) is 0. The number of Topliss-reactive ketones (excluding diaryl/α,β-unsaturated/α-hetero) is 1. The second-order valence-electron chi connectivity index (χ2n) is 3.83. The number of amides is 1. The lowest BCUT2D eigenvalue weighted by Crippen LogP contribution is -2.46. The zero-order valence-electron chi connectivity index (χ0n) is 9.83. The topological polar surface area (TPSA) is 37.4 Å². The third-order valence-electron chi connectivity index (χ3n) is 2.35. The smallest absolute Gasteiger partial charge is 0.222 e. The summed E-state index contributed by atoms with van der Waals surface area (Å²) in [7, 11) is 0. The van der Waals surface area contributed by atoms with E-state index >= 15 is 0 Å². The molecule has 0 radical (unpaired) electrons. The number of hydrogen-bond acceptors (Lipinski definition) is 2. The Balaban J connectivity index is 4.76. The zero-order valence-corrected chi connectivity index (χ0v) is 9.83. The second kappa shape index (κ2) is 5.78. The van der Waals surface area contributed by atoms with Crippen molar-refractivity contribution >= 4 is 11.7 Å². The minimum absolute atomic E-state index is 0.0569. The molecule has 0 bridgehead atoms. The molecule has 0 saturated carbocycles. The van der Waals surface area contributed by atoms with Gasteiger partial charge in [-0.05, 0) is 19.8 Å². The first kappa shape index (κ1) is 13.1. The molecule has 1 atom stereocenters. The highest BCUT2D eigenvalue weighted by molar-refractivity contribution is 5.87. The molecule has 0 rings (SSSR count). The number of likely N-dealkylation sites (N-methyl/N-ethyl adjacent to an activating group) is 1. The molecule has 0 spiro atoms. The van der Waals surface area contributed by atoms with E-state index in [1.165, 1.54) is 0 Å². The van der Waals surface area contributed by atoms with E-state index in [1.807, 2.05) is 27.7 Å². The molecule has 0 fully saturated rings. The van der Waals surface area contributed by atoms with Crippen LogP contribution in [0.15, 0.2) is 0 Å². The quantitative estimate of drug-likeness (QED) is 0.677. The van der Waals surface area contributed by atoms with Gasteiger partial charge in [-0.1, -0.05) is 20.8 Å². The number of carbonyl (C=O) groups is 2. The number of hydrogen-bond donors (Lipinski definition) is 0. The molecule has 0 aromatic rings. The normalized spacial score (nSPS) is 12.7. The first-order valence-electron chi connectivity index (χ1n) is 5.25. The van der Waals surface area contributed by atoms with Crippen molar-refractivity contribution in [2.24, 2.45) is 5.92 Å². The average Bonchev–Trinajstić information content (AvgIpc) is 2.11. The van der Waals surface area contributed by atoms with Gasteiger partial charge in [-0.3, -0.25) is 9.59 Å². The maximum absolute atomic E-state index is 11.6. The van der Waals surface area contributed by atoms with Crippen molar-refractivity contribution < 1.29 is 9.59 Å². The molecule has 1 amide bonds. The monoisotopic (exact) mass is 199 g/mol. The molecule has 14 heavy (non-hydrogen) atoms. The van der Waals surface area contributed by atoms with Crippen molar-refractivity contribution in [3.8, 4) is 0 Å². The highest BCUT2D eigenvalue weighted by Gasteiger charge is 2.27. The van der Waals surface area contributed by atoms with Crippen LogP contribution in [0.25, 0.3) is 0 Å². The molecule has 0 saturated heterocycles. The zero-order chi connectivity index (χ0) is 11.3. The van der Waals surface area contributed by atoms with Gasteiger partial charge in [0.25, 0.3) is 0 Å². The lowest BCUT2D eigenvalue weighted by atomic mass is 9.98. The fourth-order valence-electron chi connectivity index (χ4n) is 1.78. The predicted molar refractivity (Wildman–Crippen MR) is 57.0 cm³/mol. The van der Waals surface area contributed by atoms with E-state index in [9.17, 15) is 9.59 Å². The Morgan fingerprint density at radius 2 is 1.71 bits per heavy atom. The molecule has 1 unspecified atom stereocenters. The average molecular weight is 199 g/mol. The SMILES string of the molecule is CCC(=O)N(CC)C(C(C)=O)C(C)C. The molecule has 3 heteroatoms. The van der Waals surface area contributed by atoms with Gasteiger partial charge < -0.3 is 4.90 Å². The van der Waals surface area contributed by atoms with Crippen LogP contribution in [0.1, 0.15) is 41.0 Å². The lowest BCUT2D eigenvalue weighted by molar-refractivity contribution is -0.140. The van der Waals surface area contributed by atoms with Gasteiger partial charge in [-0.15, -0.1) is 0 Å². The van der Waals surface area contributed by atoms with E-state index in [4.69, 9.17) is 0 Å². The van der Waals surface area contributed by atoms with Crippen LogP contribution in [0.5, 0.6) is 0 Å². The first-order chi connectivity index (χ1) is 6.45. The van der Waals surface area contributed by atoms with Crippen LogP contribution in [0.3, 0.4) is 0 Å². The second-order valence-corrected chi connectivity index (χ2v) is 3.83. The van der Waals surface area contributed by atoms with Crippen molar-refractivity contribution in [1.82, 2.24) is 4.90 Å². The van der Waals surface area contributed by atoms with Crippen LogP contribution in [-0.2, 0) is 9.59 Å². The van der Waals surface area contributed by atoms with Crippen molar-refractivity contribution in [3.63, 3.8) is 0 Å². The third kappa shape index (κ3) is 3.13. The van der Waals surface area contributed by atoms with Crippen LogP contribution in [0.2, 0.25) is 0 Å². The van der Waals surface area contributed by atoms with E-state index in [-0.39, 0.29) is 23.7 Å². The van der Waals surface area contributed by atoms with Crippen LogP contribution >= 0.6 is 0 Å². The molecular weight excluding hydrogens is 178 g/mol. The summed E-state index contributed by atoms with van der Waals surface area (Å²) in [5.41, 5.74) is 0. The standard InChI is InChI=1S/C11H21NO2/c1-6-10(14)12(7-2)11(8(3)4)9(5)13/h8,11H,6-7H2,1-5H3. The molecule has 0 heterocycles. The molecular formula is C11H21NO2. The highest BCUT2D eigenvalue weighted by atomic mass is 16.2. The Hall–Kier alpha value is -0.860. The van der Waals surface area contributed by atoms with Crippen molar-refractivity contribution in [2.75, 3.05) is 6.54 Å². The van der Waals surface area contributed by atoms with Gasteiger partial charge in [0.2, 0.25) is 5.91 Å². The minimum Gasteiger partial charge on any atom is -0.333 e. The summed E-state index contributed by atoms with van der Waals surface area (Å²) in [6.07, 6.45) is 0.463. The first-order valence-corrected chi connectivity index (χ1v) is 5.25. The van der Waals surface area contributed by atoms with Crippen molar-refractivity contribution in [3.05, 3.63) is 0 Å². The van der Waals surface area contributed by atoms with E-state index in [0.717, 1.165) is 0 Å². The van der Waals surface area contributed by atoms with Gasteiger partial charge in [0.1, 0.15) is 0 Å². The van der Waals surface area contributed by atoms with Crippen molar-refractivity contribution in [1.29, 1.82) is 0 Å².